The van der Waals surface area contributed by atoms with Crippen LogP contribution in [0.2, 0.25) is 0 Å². The summed E-state index contributed by atoms with van der Waals surface area (Å²) in [6, 6.07) is 5.21. The maximum absolute atomic E-state index is 13.3. The first-order valence-corrected chi connectivity index (χ1v) is 7.07. The van der Waals surface area contributed by atoms with Gasteiger partial charge in [-0.25, -0.2) is 4.39 Å². The molecular formula is C14H21BrFNO. The van der Waals surface area contributed by atoms with Crippen LogP contribution in [0.4, 0.5) is 4.39 Å². The number of hydrogen-bond acceptors (Lipinski definition) is 2. The highest BCUT2D eigenvalue weighted by molar-refractivity contribution is 9.10. The van der Waals surface area contributed by atoms with Gasteiger partial charge in [-0.3, -0.25) is 0 Å². The summed E-state index contributed by atoms with van der Waals surface area (Å²) in [6.07, 6.45) is 1.94. The van der Waals surface area contributed by atoms with Crippen molar-refractivity contribution in [2.75, 3.05) is 26.8 Å². The summed E-state index contributed by atoms with van der Waals surface area (Å²) in [7, 11) is 1.70. The summed E-state index contributed by atoms with van der Waals surface area (Å²) in [6.45, 7) is 4.79. The van der Waals surface area contributed by atoms with Gasteiger partial charge in [0, 0.05) is 13.7 Å². The lowest BCUT2D eigenvalue weighted by atomic mass is 10.0. The minimum atomic E-state index is -0.182. The number of hydrogen-bond donors (Lipinski definition) is 1. The first-order chi connectivity index (χ1) is 8.65. The zero-order chi connectivity index (χ0) is 13.4. The zero-order valence-corrected chi connectivity index (χ0v) is 12.6. The van der Waals surface area contributed by atoms with E-state index in [1.165, 1.54) is 6.07 Å². The molecule has 0 amide bonds. The molecule has 2 nitrogen and oxygen atoms in total. The fraction of sp³-hybridized carbons (Fsp3) is 0.571. The predicted octanol–water partition coefficient (Wildman–Crippen LogP) is 3.39. The lowest BCUT2D eigenvalue weighted by Crippen LogP contribution is -2.25. The van der Waals surface area contributed by atoms with Crippen LogP contribution in [0.25, 0.3) is 0 Å². The highest BCUT2D eigenvalue weighted by atomic mass is 79.9. The predicted molar refractivity (Wildman–Crippen MR) is 76.3 cm³/mol. The molecule has 1 unspecified atom stereocenters. The first-order valence-electron chi connectivity index (χ1n) is 6.27. The Bertz CT molecular complexity index is 360. The summed E-state index contributed by atoms with van der Waals surface area (Å²) in [5.74, 6) is 0.385. The normalized spacial score (nSPS) is 12.7. The van der Waals surface area contributed by atoms with E-state index in [-0.39, 0.29) is 5.82 Å². The Morgan fingerprint density at radius 1 is 1.44 bits per heavy atom. The Balaban J connectivity index is 2.29. The molecule has 4 heteroatoms. The number of methoxy groups -OCH3 is 1. The Labute approximate surface area is 117 Å². The number of nitrogens with one attached hydrogen (secondary N) is 1. The molecule has 0 saturated carbocycles. The molecule has 0 fully saturated rings. The average Bonchev–Trinajstić information content (AvgIpc) is 2.36. The van der Waals surface area contributed by atoms with Crippen LogP contribution < -0.4 is 5.32 Å². The monoisotopic (exact) mass is 317 g/mol. The molecule has 1 atom stereocenters. The molecule has 0 aliphatic carbocycles. The Morgan fingerprint density at radius 3 is 2.94 bits per heavy atom. The van der Waals surface area contributed by atoms with E-state index in [2.05, 4.69) is 28.2 Å². The molecule has 102 valence electrons. The quantitative estimate of drug-likeness (QED) is 0.742. The molecule has 0 spiro atoms. The fourth-order valence-corrected chi connectivity index (χ4v) is 2.23. The molecule has 1 aromatic carbocycles. The van der Waals surface area contributed by atoms with Crippen molar-refractivity contribution in [3.63, 3.8) is 0 Å². The van der Waals surface area contributed by atoms with Gasteiger partial charge >= 0.3 is 0 Å². The molecular weight excluding hydrogens is 297 g/mol. The van der Waals surface area contributed by atoms with E-state index in [1.54, 1.807) is 13.2 Å². The molecule has 18 heavy (non-hydrogen) atoms. The SMILES string of the molecule is COCCNCC(C)CCc1cccc(F)c1Br. The number of ether oxygens (including phenoxy) is 1. The van der Waals surface area contributed by atoms with Gasteiger partial charge in [0.15, 0.2) is 0 Å². The number of halogens is 2. The van der Waals surface area contributed by atoms with Gasteiger partial charge in [-0.2, -0.15) is 0 Å². The molecule has 0 aromatic heterocycles. The minimum Gasteiger partial charge on any atom is -0.383 e. The summed E-state index contributed by atoms with van der Waals surface area (Å²) in [4.78, 5) is 0. The molecule has 0 aliphatic heterocycles. The number of rotatable bonds is 8. The Morgan fingerprint density at radius 2 is 2.22 bits per heavy atom. The van der Waals surface area contributed by atoms with Gasteiger partial charge < -0.3 is 10.1 Å². The molecule has 0 saturated heterocycles. The lowest BCUT2D eigenvalue weighted by molar-refractivity contribution is 0.198. The van der Waals surface area contributed by atoms with E-state index in [4.69, 9.17) is 4.74 Å². The maximum Gasteiger partial charge on any atom is 0.137 e. The first kappa shape index (κ1) is 15.6. The van der Waals surface area contributed by atoms with Crippen LogP contribution in [-0.4, -0.2) is 26.8 Å². The molecule has 1 aromatic rings. The summed E-state index contributed by atoms with van der Waals surface area (Å²) in [5, 5.41) is 3.34. The van der Waals surface area contributed by atoms with Crippen molar-refractivity contribution in [1.29, 1.82) is 0 Å². The summed E-state index contributed by atoms with van der Waals surface area (Å²) >= 11 is 3.30. The van der Waals surface area contributed by atoms with Crippen LogP contribution in [0.1, 0.15) is 18.9 Å². The van der Waals surface area contributed by atoms with Crippen LogP contribution >= 0.6 is 15.9 Å². The third kappa shape index (κ3) is 5.46. The van der Waals surface area contributed by atoms with Crippen molar-refractivity contribution in [2.45, 2.75) is 19.8 Å². The molecule has 0 bridgehead atoms. The highest BCUT2D eigenvalue weighted by Gasteiger charge is 2.07. The van der Waals surface area contributed by atoms with Gasteiger partial charge in [0.05, 0.1) is 11.1 Å². The van der Waals surface area contributed by atoms with Gasteiger partial charge in [-0.15, -0.1) is 0 Å². The van der Waals surface area contributed by atoms with Gasteiger partial charge in [0.2, 0.25) is 0 Å². The maximum atomic E-state index is 13.3. The Hall–Kier alpha value is -0.450. The van der Waals surface area contributed by atoms with Crippen molar-refractivity contribution < 1.29 is 9.13 Å². The fourth-order valence-electron chi connectivity index (χ4n) is 1.77. The molecule has 0 heterocycles. The van der Waals surface area contributed by atoms with Crippen LogP contribution in [-0.2, 0) is 11.2 Å². The molecule has 0 aliphatic rings. The van der Waals surface area contributed by atoms with Crippen molar-refractivity contribution in [2.24, 2.45) is 5.92 Å². The van der Waals surface area contributed by atoms with Crippen LogP contribution in [0.3, 0.4) is 0 Å². The third-order valence-electron chi connectivity index (χ3n) is 2.91. The highest BCUT2D eigenvalue weighted by Crippen LogP contribution is 2.22. The van der Waals surface area contributed by atoms with Crippen molar-refractivity contribution in [3.05, 3.63) is 34.1 Å². The van der Waals surface area contributed by atoms with Gasteiger partial charge in [0.1, 0.15) is 5.82 Å². The van der Waals surface area contributed by atoms with E-state index in [1.807, 2.05) is 6.07 Å². The van der Waals surface area contributed by atoms with Crippen molar-refractivity contribution >= 4 is 15.9 Å². The van der Waals surface area contributed by atoms with E-state index < -0.39 is 0 Å². The van der Waals surface area contributed by atoms with Crippen molar-refractivity contribution in [1.82, 2.24) is 5.32 Å². The Kier molecular flexibility index (Phi) is 7.47. The van der Waals surface area contributed by atoms with E-state index in [0.717, 1.165) is 38.1 Å². The largest absolute Gasteiger partial charge is 0.383 e. The minimum absolute atomic E-state index is 0.182. The number of aryl methyl sites for hydroxylation is 1. The smallest absolute Gasteiger partial charge is 0.137 e. The molecule has 1 rings (SSSR count). The summed E-state index contributed by atoms with van der Waals surface area (Å²) in [5.41, 5.74) is 1.04. The second-order valence-corrected chi connectivity index (χ2v) is 5.35. The van der Waals surface area contributed by atoms with E-state index >= 15 is 0 Å². The molecule has 1 N–H and O–H groups in total. The number of benzene rings is 1. The standard InChI is InChI=1S/C14H21BrFNO/c1-11(10-17-8-9-18-2)6-7-12-4-3-5-13(16)14(12)15/h3-5,11,17H,6-10H2,1-2H3. The zero-order valence-electron chi connectivity index (χ0n) is 11.0. The van der Waals surface area contributed by atoms with Crippen LogP contribution in [0.5, 0.6) is 0 Å². The van der Waals surface area contributed by atoms with E-state index in [0.29, 0.717) is 10.4 Å². The van der Waals surface area contributed by atoms with E-state index in [9.17, 15) is 4.39 Å². The summed E-state index contributed by atoms with van der Waals surface area (Å²) < 4.78 is 18.9. The van der Waals surface area contributed by atoms with Gasteiger partial charge in [-0.05, 0) is 52.9 Å². The topological polar surface area (TPSA) is 21.3 Å². The molecule has 0 radical (unpaired) electrons. The second kappa shape index (κ2) is 8.62. The third-order valence-corrected chi connectivity index (χ3v) is 3.80. The van der Waals surface area contributed by atoms with Crippen LogP contribution in [0.15, 0.2) is 22.7 Å². The van der Waals surface area contributed by atoms with Crippen molar-refractivity contribution in [3.8, 4) is 0 Å². The van der Waals surface area contributed by atoms with Gasteiger partial charge in [-0.1, -0.05) is 19.1 Å². The lowest BCUT2D eigenvalue weighted by Gasteiger charge is -2.13. The average molecular weight is 318 g/mol. The second-order valence-electron chi connectivity index (χ2n) is 4.55. The van der Waals surface area contributed by atoms with Crippen LogP contribution in [0, 0.1) is 11.7 Å². The van der Waals surface area contributed by atoms with Gasteiger partial charge in [0.25, 0.3) is 0 Å².